The lowest BCUT2D eigenvalue weighted by Gasteiger charge is -2.59. The molecule has 1 aromatic rings. The summed E-state index contributed by atoms with van der Waals surface area (Å²) in [7, 11) is 1.80. The Morgan fingerprint density at radius 3 is 2.50 bits per heavy atom. The number of guanidine groups is 1. The summed E-state index contributed by atoms with van der Waals surface area (Å²) in [5.41, 5.74) is 1.07. The molecule has 2 atom stereocenters. The van der Waals surface area contributed by atoms with Gasteiger partial charge in [-0.1, -0.05) is 13.8 Å². The summed E-state index contributed by atoms with van der Waals surface area (Å²) in [5, 5.41) is 8.02. The highest BCUT2D eigenvalue weighted by Gasteiger charge is 2.58. The summed E-state index contributed by atoms with van der Waals surface area (Å²) in [5.74, 6) is 0.870. The van der Waals surface area contributed by atoms with Crippen LogP contribution in [0.15, 0.2) is 4.99 Å². The lowest BCUT2D eigenvalue weighted by molar-refractivity contribution is -0.176. The Labute approximate surface area is 167 Å². The van der Waals surface area contributed by atoms with Crippen molar-refractivity contribution in [2.75, 3.05) is 13.7 Å². The van der Waals surface area contributed by atoms with E-state index >= 15 is 0 Å². The highest BCUT2D eigenvalue weighted by molar-refractivity contribution is 14.0. The van der Waals surface area contributed by atoms with E-state index in [-0.39, 0.29) is 35.0 Å². The van der Waals surface area contributed by atoms with Crippen LogP contribution in [0.3, 0.4) is 0 Å². The summed E-state index contributed by atoms with van der Waals surface area (Å²) in [6, 6.07) is 0.356. The maximum absolute atomic E-state index is 5.70. The highest BCUT2D eigenvalue weighted by atomic mass is 127. The van der Waals surface area contributed by atoms with E-state index < -0.39 is 0 Å². The van der Waals surface area contributed by atoms with Gasteiger partial charge in [-0.3, -0.25) is 0 Å². The summed E-state index contributed by atoms with van der Waals surface area (Å²) >= 11 is 1.72. The molecular formula is C17H31IN4OS. The maximum Gasteiger partial charge on any atom is 0.191 e. The Kier molecular flexibility index (Phi) is 7.49. The third-order valence-corrected chi connectivity index (χ3v) is 6.37. The van der Waals surface area contributed by atoms with E-state index in [1.165, 1.54) is 4.88 Å². The number of halogens is 1. The predicted molar refractivity (Wildman–Crippen MR) is 113 cm³/mol. The molecular weight excluding hydrogens is 435 g/mol. The van der Waals surface area contributed by atoms with Gasteiger partial charge in [0.1, 0.15) is 0 Å². The minimum atomic E-state index is -0.0760. The van der Waals surface area contributed by atoms with Gasteiger partial charge in [-0.25, -0.2) is 9.98 Å². The molecule has 24 heavy (non-hydrogen) atoms. The first-order valence-electron chi connectivity index (χ1n) is 8.26. The van der Waals surface area contributed by atoms with E-state index in [1.807, 2.05) is 13.8 Å². The molecule has 0 aliphatic heterocycles. The number of hydrogen-bond donors (Lipinski definition) is 2. The molecule has 2 unspecified atom stereocenters. The van der Waals surface area contributed by atoms with E-state index in [2.05, 4.69) is 43.3 Å². The molecule has 0 bridgehead atoms. The Balaban J connectivity index is 0.00000288. The Morgan fingerprint density at radius 1 is 1.38 bits per heavy atom. The number of rotatable bonds is 5. The maximum atomic E-state index is 5.70. The first-order chi connectivity index (χ1) is 10.7. The van der Waals surface area contributed by atoms with Gasteiger partial charge in [0.2, 0.25) is 0 Å². The minimum absolute atomic E-state index is 0. The molecule has 5 nitrogen and oxygen atoms in total. The molecule has 1 aliphatic rings. The molecule has 0 amide bonds. The van der Waals surface area contributed by atoms with Crippen molar-refractivity contribution in [1.29, 1.82) is 0 Å². The fourth-order valence-corrected chi connectivity index (χ4v) is 3.94. The Hall–Kier alpha value is -0.410. The average molecular weight is 466 g/mol. The van der Waals surface area contributed by atoms with Gasteiger partial charge in [-0.15, -0.1) is 35.3 Å². The largest absolute Gasteiger partial charge is 0.378 e. The van der Waals surface area contributed by atoms with Crippen LogP contribution in [0.1, 0.15) is 49.7 Å². The number of nitrogens with one attached hydrogen (secondary N) is 2. The van der Waals surface area contributed by atoms with Crippen LogP contribution in [0.4, 0.5) is 0 Å². The van der Waals surface area contributed by atoms with Crippen LogP contribution < -0.4 is 10.6 Å². The zero-order valence-electron chi connectivity index (χ0n) is 15.8. The average Bonchev–Trinajstić information content (AvgIpc) is 2.81. The van der Waals surface area contributed by atoms with Gasteiger partial charge >= 0.3 is 0 Å². The topological polar surface area (TPSA) is 58.5 Å². The van der Waals surface area contributed by atoms with Crippen molar-refractivity contribution in [3.05, 3.63) is 15.6 Å². The molecule has 1 heterocycles. The minimum Gasteiger partial charge on any atom is -0.378 e. The fraction of sp³-hybridized carbons (Fsp3) is 0.765. The van der Waals surface area contributed by atoms with Gasteiger partial charge in [-0.05, 0) is 34.1 Å². The quantitative estimate of drug-likeness (QED) is 0.395. The fourth-order valence-electron chi connectivity index (χ4n) is 3.08. The zero-order valence-corrected chi connectivity index (χ0v) is 19.0. The molecule has 138 valence electrons. The molecule has 0 spiro atoms. The first-order valence-corrected chi connectivity index (χ1v) is 9.08. The number of aryl methyl sites for hydroxylation is 2. The number of aromatic nitrogens is 1. The monoisotopic (exact) mass is 466 g/mol. The van der Waals surface area contributed by atoms with Gasteiger partial charge in [0.05, 0.1) is 22.8 Å². The van der Waals surface area contributed by atoms with Crippen molar-refractivity contribution >= 4 is 41.3 Å². The van der Waals surface area contributed by atoms with E-state index in [4.69, 9.17) is 9.73 Å². The molecule has 1 fully saturated rings. The van der Waals surface area contributed by atoms with Crippen molar-refractivity contribution in [2.45, 2.75) is 66.2 Å². The van der Waals surface area contributed by atoms with E-state index in [0.29, 0.717) is 12.6 Å². The summed E-state index contributed by atoms with van der Waals surface area (Å²) in [6.07, 6.45) is 0.986. The predicted octanol–water partition coefficient (Wildman–Crippen LogP) is 3.64. The van der Waals surface area contributed by atoms with Crippen LogP contribution in [0.5, 0.6) is 0 Å². The van der Waals surface area contributed by atoms with Crippen LogP contribution in [0.2, 0.25) is 0 Å². The molecule has 0 saturated heterocycles. The number of hydrogen-bond acceptors (Lipinski definition) is 4. The van der Waals surface area contributed by atoms with E-state index in [1.54, 1.807) is 18.4 Å². The SMILES string of the molecule is CCNC(=NCc1sc(C)nc1C)NC1CC(C)(OC)C1(C)C.I. The van der Waals surface area contributed by atoms with Crippen LogP contribution in [0.25, 0.3) is 0 Å². The molecule has 2 N–H and O–H groups in total. The Morgan fingerprint density at radius 2 is 2.04 bits per heavy atom. The molecule has 1 saturated carbocycles. The van der Waals surface area contributed by atoms with Crippen LogP contribution in [-0.2, 0) is 11.3 Å². The molecule has 0 radical (unpaired) electrons. The number of nitrogens with zero attached hydrogens (tertiary/aromatic N) is 2. The Bertz CT molecular complexity index is 587. The second-order valence-electron chi connectivity index (χ2n) is 6.99. The lowest BCUT2D eigenvalue weighted by atomic mass is 9.56. The normalized spacial score (nSPS) is 25.6. The van der Waals surface area contributed by atoms with Crippen molar-refractivity contribution in [1.82, 2.24) is 15.6 Å². The third kappa shape index (κ3) is 4.22. The van der Waals surface area contributed by atoms with Gasteiger partial charge < -0.3 is 15.4 Å². The third-order valence-electron chi connectivity index (χ3n) is 5.31. The highest BCUT2D eigenvalue weighted by Crippen LogP contribution is 2.51. The lowest BCUT2D eigenvalue weighted by Crippen LogP contribution is -2.69. The van der Waals surface area contributed by atoms with E-state index in [0.717, 1.165) is 29.6 Å². The second-order valence-corrected chi connectivity index (χ2v) is 8.28. The first kappa shape index (κ1) is 21.6. The van der Waals surface area contributed by atoms with E-state index in [9.17, 15) is 0 Å². The summed E-state index contributed by atoms with van der Waals surface area (Å²) in [4.78, 5) is 10.4. The number of thiazole rings is 1. The number of aliphatic imine (C=N–C) groups is 1. The van der Waals surface area contributed by atoms with Gasteiger partial charge in [-0.2, -0.15) is 0 Å². The molecule has 2 rings (SSSR count). The molecule has 0 aromatic carbocycles. The summed E-state index contributed by atoms with van der Waals surface area (Å²) < 4.78 is 5.70. The molecule has 1 aromatic heterocycles. The second kappa shape index (κ2) is 8.31. The van der Waals surface area contributed by atoms with Crippen molar-refractivity contribution < 1.29 is 4.74 Å². The van der Waals surface area contributed by atoms with Gasteiger partial charge in [0.25, 0.3) is 0 Å². The van der Waals surface area contributed by atoms with Crippen LogP contribution in [0, 0.1) is 19.3 Å². The standard InChI is InChI=1S/C17H30N4OS.HI/c1-8-18-15(19-10-13-11(2)20-12(3)23-13)21-14-9-17(6,22-7)16(14,4)5;/h14H,8-10H2,1-7H3,(H2,18,19,21);1H. The number of methoxy groups -OCH3 is 1. The van der Waals surface area contributed by atoms with Crippen molar-refractivity contribution in [3.8, 4) is 0 Å². The van der Waals surface area contributed by atoms with Crippen molar-refractivity contribution in [3.63, 3.8) is 0 Å². The van der Waals surface area contributed by atoms with Crippen LogP contribution in [-0.4, -0.2) is 36.2 Å². The van der Waals surface area contributed by atoms with Gasteiger partial charge in [0.15, 0.2) is 5.96 Å². The zero-order chi connectivity index (χ0) is 17.3. The smallest absolute Gasteiger partial charge is 0.191 e. The molecule has 7 heteroatoms. The van der Waals surface area contributed by atoms with Gasteiger partial charge in [0, 0.05) is 30.0 Å². The number of ether oxygens (including phenoxy) is 1. The summed E-state index contributed by atoms with van der Waals surface area (Å²) in [6.45, 7) is 14.4. The van der Waals surface area contributed by atoms with Crippen molar-refractivity contribution in [2.24, 2.45) is 10.4 Å². The van der Waals surface area contributed by atoms with Crippen LogP contribution >= 0.6 is 35.3 Å². The molecule has 1 aliphatic carbocycles.